The highest BCUT2D eigenvalue weighted by Crippen LogP contribution is 2.33. The van der Waals surface area contributed by atoms with Gasteiger partial charge in [-0.15, -0.1) is 18.3 Å². The number of amidine groups is 1. The molecule has 228 valence electrons. The number of aliphatic imine (C=N–C) groups is 1. The molecule has 14 heteroatoms. The van der Waals surface area contributed by atoms with E-state index in [-0.39, 0.29) is 34.9 Å². The standard InChI is InChI=1S/C30H26F4N6O2S2/c1-18(2)23-5-3-4-6-24(23)40-26(41)16-44-29(40)37-28(43)36-25(31)15-19-7-9-20(10-8-19)27-35-17-39(38-27)21-11-13-22(14-12-21)42-30(32,33)34/h3-14,17-18,25H,15-16H2,1-2H3,(H,36,43)/b37-29-. The fraction of sp³-hybridized carbons (Fsp3) is 0.233. The van der Waals surface area contributed by atoms with E-state index in [0.29, 0.717) is 27.8 Å². The molecule has 2 heterocycles. The van der Waals surface area contributed by atoms with Gasteiger partial charge >= 0.3 is 6.36 Å². The van der Waals surface area contributed by atoms with Crippen molar-refractivity contribution in [1.29, 1.82) is 0 Å². The Labute approximate surface area is 260 Å². The molecule has 1 atom stereocenters. The number of alkyl halides is 4. The lowest BCUT2D eigenvalue weighted by molar-refractivity contribution is -0.274. The van der Waals surface area contributed by atoms with Gasteiger partial charge in [0.1, 0.15) is 12.1 Å². The lowest BCUT2D eigenvalue weighted by atomic mass is 10.0. The van der Waals surface area contributed by atoms with Gasteiger partial charge in [-0.05, 0) is 59.6 Å². The summed E-state index contributed by atoms with van der Waals surface area (Å²) in [5.41, 5.74) is 3.58. The number of anilines is 1. The number of thiocarbonyl (C=S) groups is 1. The van der Waals surface area contributed by atoms with Gasteiger partial charge < -0.3 is 10.1 Å². The van der Waals surface area contributed by atoms with Crippen molar-refractivity contribution < 1.29 is 27.1 Å². The van der Waals surface area contributed by atoms with Gasteiger partial charge in [-0.1, -0.05) is 68.1 Å². The summed E-state index contributed by atoms with van der Waals surface area (Å²) in [4.78, 5) is 22.9. The van der Waals surface area contributed by atoms with Gasteiger partial charge in [0, 0.05) is 12.0 Å². The van der Waals surface area contributed by atoms with Crippen LogP contribution in [0.4, 0.5) is 23.2 Å². The molecule has 44 heavy (non-hydrogen) atoms. The van der Waals surface area contributed by atoms with E-state index in [9.17, 15) is 22.4 Å². The maximum absolute atomic E-state index is 15.0. The van der Waals surface area contributed by atoms with Crippen LogP contribution in [0.5, 0.6) is 5.75 Å². The number of rotatable bonds is 8. The van der Waals surface area contributed by atoms with Crippen molar-refractivity contribution in [3.05, 3.63) is 90.3 Å². The molecular formula is C30H26F4N6O2S2. The number of benzene rings is 3. The van der Waals surface area contributed by atoms with Crippen LogP contribution in [-0.2, 0) is 11.2 Å². The molecule has 1 aliphatic heterocycles. The van der Waals surface area contributed by atoms with E-state index < -0.39 is 12.7 Å². The number of ether oxygens (including phenoxy) is 1. The first kappa shape index (κ1) is 31.1. The van der Waals surface area contributed by atoms with Crippen molar-refractivity contribution in [1.82, 2.24) is 20.1 Å². The maximum Gasteiger partial charge on any atom is 0.573 e. The van der Waals surface area contributed by atoms with Crippen molar-refractivity contribution in [3.63, 3.8) is 0 Å². The van der Waals surface area contributed by atoms with Crippen molar-refractivity contribution in [2.24, 2.45) is 4.99 Å². The average Bonchev–Trinajstić information content (AvgIpc) is 3.60. The molecule has 3 aromatic carbocycles. The Morgan fingerprint density at radius 3 is 2.48 bits per heavy atom. The van der Waals surface area contributed by atoms with Crippen molar-refractivity contribution in [3.8, 4) is 22.8 Å². The van der Waals surface area contributed by atoms with Crippen LogP contribution < -0.4 is 15.0 Å². The zero-order valence-electron chi connectivity index (χ0n) is 23.5. The Morgan fingerprint density at radius 2 is 1.80 bits per heavy atom. The Morgan fingerprint density at radius 1 is 1.09 bits per heavy atom. The molecule has 0 aliphatic carbocycles. The number of carbonyl (C=O) groups is 1. The molecule has 1 N–H and O–H groups in total. The van der Waals surface area contributed by atoms with E-state index in [1.54, 1.807) is 24.3 Å². The van der Waals surface area contributed by atoms with Crippen LogP contribution in [-0.4, -0.2) is 49.4 Å². The van der Waals surface area contributed by atoms with E-state index in [1.165, 1.54) is 51.9 Å². The number of halogens is 4. The molecule has 1 aromatic heterocycles. The Kier molecular flexibility index (Phi) is 9.30. The van der Waals surface area contributed by atoms with Crippen molar-refractivity contribution >= 4 is 45.9 Å². The number of thioether (sulfide) groups is 1. The Bertz CT molecular complexity index is 1670. The lowest BCUT2D eigenvalue weighted by Gasteiger charge is -2.21. The van der Waals surface area contributed by atoms with Crippen LogP contribution in [0.2, 0.25) is 0 Å². The molecule has 5 rings (SSSR count). The van der Waals surface area contributed by atoms with E-state index >= 15 is 0 Å². The second kappa shape index (κ2) is 13.1. The molecule has 0 bridgehead atoms. The molecule has 1 aliphatic rings. The van der Waals surface area contributed by atoms with Crippen LogP contribution in [0, 0.1) is 0 Å². The fourth-order valence-corrected chi connectivity index (χ4v) is 5.62. The third-order valence-corrected chi connectivity index (χ3v) is 7.63. The monoisotopic (exact) mass is 642 g/mol. The quantitative estimate of drug-likeness (QED) is 0.129. The predicted octanol–water partition coefficient (Wildman–Crippen LogP) is 6.80. The van der Waals surface area contributed by atoms with Gasteiger partial charge in [0.05, 0.1) is 17.1 Å². The largest absolute Gasteiger partial charge is 0.573 e. The van der Waals surface area contributed by atoms with E-state index in [2.05, 4.69) is 25.1 Å². The average molecular weight is 643 g/mol. The number of hydrogen-bond acceptors (Lipinski definition) is 6. The summed E-state index contributed by atoms with van der Waals surface area (Å²) < 4.78 is 57.5. The fourth-order valence-electron chi connectivity index (χ4n) is 4.48. The SMILES string of the molecule is CC(C)c1ccccc1N1C(=O)CS/C1=N\C(=S)NC(F)Cc1ccc(-c2ncn(-c3ccc(OC(F)(F)F)cc3)n2)cc1. The summed E-state index contributed by atoms with van der Waals surface area (Å²) in [5.74, 6) is 0.329. The number of nitrogens with one attached hydrogen (secondary N) is 1. The van der Waals surface area contributed by atoms with E-state index in [4.69, 9.17) is 12.2 Å². The highest BCUT2D eigenvalue weighted by atomic mass is 32.2. The topological polar surface area (TPSA) is 84.6 Å². The molecule has 0 radical (unpaired) electrons. The first-order valence-corrected chi connectivity index (χ1v) is 14.8. The molecule has 0 saturated carbocycles. The number of amides is 1. The predicted molar refractivity (Wildman–Crippen MR) is 166 cm³/mol. The first-order chi connectivity index (χ1) is 21.0. The molecule has 0 spiro atoms. The van der Waals surface area contributed by atoms with Gasteiger partial charge in [0.15, 0.2) is 22.4 Å². The number of hydrogen-bond donors (Lipinski definition) is 1. The highest BCUT2D eigenvalue weighted by molar-refractivity contribution is 8.15. The molecule has 1 saturated heterocycles. The zero-order chi connectivity index (χ0) is 31.4. The Hall–Kier alpha value is -4.30. The number of aromatic nitrogens is 3. The molecule has 1 fully saturated rings. The number of carbonyl (C=O) groups excluding carboxylic acids is 1. The summed E-state index contributed by atoms with van der Waals surface area (Å²) in [7, 11) is 0. The molecule has 1 amide bonds. The Balaban J connectivity index is 1.19. The smallest absolute Gasteiger partial charge is 0.406 e. The van der Waals surface area contributed by atoms with Crippen LogP contribution >= 0.6 is 24.0 Å². The summed E-state index contributed by atoms with van der Waals surface area (Å²) >= 11 is 6.55. The summed E-state index contributed by atoms with van der Waals surface area (Å²) in [5, 5.41) is 7.30. The third-order valence-electron chi connectivity index (χ3n) is 6.50. The number of nitrogens with zero attached hydrogens (tertiary/aromatic N) is 5. The summed E-state index contributed by atoms with van der Waals surface area (Å²) in [6, 6.07) is 19.8. The lowest BCUT2D eigenvalue weighted by Crippen LogP contribution is -2.34. The van der Waals surface area contributed by atoms with Crippen molar-refractivity contribution in [2.75, 3.05) is 10.7 Å². The maximum atomic E-state index is 15.0. The van der Waals surface area contributed by atoms with Crippen LogP contribution in [0.25, 0.3) is 17.1 Å². The normalized spacial score (nSPS) is 15.2. The minimum atomic E-state index is -4.77. The van der Waals surface area contributed by atoms with Crippen LogP contribution in [0.15, 0.2) is 84.1 Å². The van der Waals surface area contributed by atoms with Gasteiger partial charge in [-0.25, -0.2) is 14.1 Å². The van der Waals surface area contributed by atoms with E-state index in [1.807, 2.05) is 38.1 Å². The van der Waals surface area contributed by atoms with Gasteiger partial charge in [0.25, 0.3) is 0 Å². The zero-order valence-corrected chi connectivity index (χ0v) is 25.1. The number of para-hydroxylation sites is 1. The van der Waals surface area contributed by atoms with E-state index in [0.717, 1.165) is 11.3 Å². The first-order valence-electron chi connectivity index (χ1n) is 13.4. The molecule has 1 unspecified atom stereocenters. The minimum Gasteiger partial charge on any atom is -0.406 e. The molecular weight excluding hydrogens is 616 g/mol. The highest BCUT2D eigenvalue weighted by Gasteiger charge is 2.32. The summed E-state index contributed by atoms with van der Waals surface area (Å²) in [6.07, 6.45) is -4.86. The third kappa shape index (κ3) is 7.61. The second-order valence-corrected chi connectivity index (χ2v) is 11.3. The molecule has 8 nitrogen and oxygen atoms in total. The second-order valence-electron chi connectivity index (χ2n) is 10.00. The van der Waals surface area contributed by atoms with Gasteiger partial charge in [0.2, 0.25) is 5.91 Å². The van der Waals surface area contributed by atoms with Crippen molar-refractivity contribution in [2.45, 2.75) is 38.8 Å². The van der Waals surface area contributed by atoms with Crippen LogP contribution in [0.1, 0.15) is 30.9 Å². The van der Waals surface area contributed by atoms with Gasteiger partial charge in [-0.3, -0.25) is 9.69 Å². The van der Waals surface area contributed by atoms with Crippen LogP contribution in [0.3, 0.4) is 0 Å². The van der Waals surface area contributed by atoms with Gasteiger partial charge in [-0.2, -0.15) is 4.99 Å². The summed E-state index contributed by atoms with van der Waals surface area (Å²) in [6.45, 7) is 4.09. The minimum absolute atomic E-state index is 0.00541. The molecule has 4 aromatic rings.